The number of carbonyl (C=O) groups is 1. The van der Waals surface area contributed by atoms with Crippen molar-refractivity contribution in [1.82, 2.24) is 5.32 Å². The first-order chi connectivity index (χ1) is 6.71. The first kappa shape index (κ1) is 11.5. The van der Waals surface area contributed by atoms with Crippen molar-refractivity contribution in [2.45, 2.75) is 38.1 Å². The zero-order valence-corrected chi connectivity index (χ0v) is 8.71. The first-order valence-corrected chi connectivity index (χ1v) is 5.27. The van der Waals surface area contributed by atoms with E-state index in [2.05, 4.69) is 5.32 Å². The molecule has 0 unspecified atom stereocenters. The molecule has 0 aliphatic heterocycles. The minimum absolute atomic E-state index is 0.589. The van der Waals surface area contributed by atoms with E-state index in [4.69, 9.17) is 9.84 Å². The average molecular weight is 201 g/mol. The fraction of sp³-hybridized carbons (Fsp3) is 0.900. The monoisotopic (exact) mass is 201 g/mol. The quantitative estimate of drug-likeness (QED) is 0.630. The number of nitrogens with one attached hydrogen (secondary N) is 1. The third-order valence-electron chi connectivity index (χ3n) is 2.78. The highest BCUT2D eigenvalue weighted by Gasteiger charge is 2.40. The molecule has 0 saturated heterocycles. The summed E-state index contributed by atoms with van der Waals surface area (Å²) in [6, 6.07) is 0. The number of aliphatic carboxylic acids is 1. The number of ether oxygens (including phenoxy) is 1. The lowest BCUT2D eigenvalue weighted by atomic mass is 9.98. The van der Waals surface area contributed by atoms with Gasteiger partial charge in [-0.05, 0) is 19.8 Å². The molecule has 0 atom stereocenters. The Morgan fingerprint density at radius 1 is 1.50 bits per heavy atom. The lowest BCUT2D eigenvalue weighted by molar-refractivity contribution is -0.144. The summed E-state index contributed by atoms with van der Waals surface area (Å²) in [4.78, 5) is 11.1. The molecule has 4 heteroatoms. The van der Waals surface area contributed by atoms with Gasteiger partial charge in [0.05, 0.1) is 6.61 Å². The van der Waals surface area contributed by atoms with Crippen LogP contribution in [-0.4, -0.2) is 36.4 Å². The highest BCUT2D eigenvalue weighted by molar-refractivity contribution is 5.79. The van der Waals surface area contributed by atoms with Crippen LogP contribution in [0.2, 0.25) is 0 Å². The summed E-state index contributed by atoms with van der Waals surface area (Å²) >= 11 is 0. The van der Waals surface area contributed by atoms with E-state index >= 15 is 0 Å². The van der Waals surface area contributed by atoms with Gasteiger partial charge in [0.15, 0.2) is 0 Å². The van der Waals surface area contributed by atoms with Gasteiger partial charge in [-0.25, -0.2) is 0 Å². The van der Waals surface area contributed by atoms with Crippen LogP contribution >= 0.6 is 0 Å². The van der Waals surface area contributed by atoms with Crippen LogP contribution in [0.25, 0.3) is 0 Å². The molecule has 1 saturated carbocycles. The van der Waals surface area contributed by atoms with Gasteiger partial charge in [0.2, 0.25) is 0 Å². The molecule has 2 N–H and O–H groups in total. The molecule has 0 heterocycles. The summed E-state index contributed by atoms with van der Waals surface area (Å²) in [5.74, 6) is -0.716. The number of carboxylic acid groups (broad SMARTS) is 1. The van der Waals surface area contributed by atoms with Gasteiger partial charge in [-0.15, -0.1) is 0 Å². The normalized spacial score (nSPS) is 19.8. The summed E-state index contributed by atoms with van der Waals surface area (Å²) in [6.45, 7) is 3.83. The number of hydrogen-bond donors (Lipinski definition) is 2. The van der Waals surface area contributed by atoms with Gasteiger partial charge < -0.3 is 9.84 Å². The van der Waals surface area contributed by atoms with E-state index in [1.165, 1.54) is 0 Å². The maximum Gasteiger partial charge on any atom is 0.323 e. The molecular formula is C10H19NO3. The van der Waals surface area contributed by atoms with Crippen LogP contribution in [0.15, 0.2) is 0 Å². The second kappa shape index (κ2) is 5.32. The average Bonchev–Trinajstić information content (AvgIpc) is 2.62. The van der Waals surface area contributed by atoms with Crippen molar-refractivity contribution in [3.63, 3.8) is 0 Å². The summed E-state index contributed by atoms with van der Waals surface area (Å²) < 4.78 is 5.16. The molecule has 0 aromatic rings. The van der Waals surface area contributed by atoms with Crippen LogP contribution in [0.3, 0.4) is 0 Å². The van der Waals surface area contributed by atoms with Crippen molar-refractivity contribution >= 4 is 5.97 Å². The molecule has 14 heavy (non-hydrogen) atoms. The van der Waals surface area contributed by atoms with Gasteiger partial charge in [-0.3, -0.25) is 10.1 Å². The summed E-state index contributed by atoms with van der Waals surface area (Å²) in [6.07, 6.45) is 3.50. The number of hydrogen-bond acceptors (Lipinski definition) is 3. The van der Waals surface area contributed by atoms with Crippen molar-refractivity contribution in [3.8, 4) is 0 Å². The Bertz CT molecular complexity index is 188. The molecule has 0 spiro atoms. The van der Waals surface area contributed by atoms with Gasteiger partial charge >= 0.3 is 5.97 Å². The standard InChI is InChI=1S/C10H19NO3/c1-2-14-8-7-11-10(9(12)13)5-3-4-6-10/h11H,2-8H2,1H3,(H,12,13). The van der Waals surface area contributed by atoms with E-state index in [9.17, 15) is 4.79 Å². The SMILES string of the molecule is CCOCCNC1(C(=O)O)CCCC1. The van der Waals surface area contributed by atoms with Gasteiger partial charge in [-0.2, -0.15) is 0 Å². The van der Waals surface area contributed by atoms with Crippen molar-refractivity contribution in [2.24, 2.45) is 0 Å². The summed E-state index contributed by atoms with van der Waals surface area (Å²) in [5.41, 5.74) is -0.670. The fourth-order valence-corrected chi connectivity index (χ4v) is 1.95. The largest absolute Gasteiger partial charge is 0.480 e. The van der Waals surface area contributed by atoms with E-state index in [-0.39, 0.29) is 0 Å². The predicted octanol–water partition coefficient (Wildman–Crippen LogP) is 1.01. The molecule has 4 nitrogen and oxygen atoms in total. The first-order valence-electron chi connectivity index (χ1n) is 5.27. The molecule has 1 aliphatic carbocycles. The van der Waals surface area contributed by atoms with Crippen molar-refractivity contribution < 1.29 is 14.6 Å². The van der Waals surface area contributed by atoms with Crippen LogP contribution in [0.5, 0.6) is 0 Å². The Kier molecular flexibility index (Phi) is 4.35. The van der Waals surface area contributed by atoms with Crippen LogP contribution in [0.1, 0.15) is 32.6 Å². The van der Waals surface area contributed by atoms with Gasteiger partial charge in [0.25, 0.3) is 0 Å². The highest BCUT2D eigenvalue weighted by Crippen LogP contribution is 2.29. The summed E-state index contributed by atoms with van der Waals surface area (Å²) in [7, 11) is 0. The zero-order valence-electron chi connectivity index (χ0n) is 8.71. The molecule has 0 aromatic carbocycles. The topological polar surface area (TPSA) is 58.6 Å². The van der Waals surface area contributed by atoms with Crippen molar-refractivity contribution in [3.05, 3.63) is 0 Å². The third kappa shape index (κ3) is 2.69. The Morgan fingerprint density at radius 2 is 2.14 bits per heavy atom. The molecule has 0 radical (unpaired) electrons. The molecule has 0 bridgehead atoms. The lowest BCUT2D eigenvalue weighted by Gasteiger charge is -2.25. The van der Waals surface area contributed by atoms with Crippen LogP contribution in [0.4, 0.5) is 0 Å². The number of rotatable bonds is 6. The lowest BCUT2D eigenvalue weighted by Crippen LogP contribution is -2.50. The van der Waals surface area contributed by atoms with E-state index in [0.717, 1.165) is 25.7 Å². The molecule has 1 fully saturated rings. The van der Waals surface area contributed by atoms with Crippen LogP contribution in [-0.2, 0) is 9.53 Å². The minimum Gasteiger partial charge on any atom is -0.480 e. The van der Waals surface area contributed by atoms with Crippen LogP contribution in [0, 0.1) is 0 Å². The smallest absolute Gasteiger partial charge is 0.323 e. The molecule has 1 rings (SSSR count). The van der Waals surface area contributed by atoms with Crippen LogP contribution < -0.4 is 5.32 Å². The second-order valence-corrected chi connectivity index (χ2v) is 3.72. The Morgan fingerprint density at radius 3 is 2.64 bits per heavy atom. The maximum atomic E-state index is 11.1. The van der Waals surface area contributed by atoms with E-state index < -0.39 is 11.5 Å². The van der Waals surface area contributed by atoms with E-state index in [1.54, 1.807) is 0 Å². The molecule has 82 valence electrons. The maximum absolute atomic E-state index is 11.1. The molecule has 0 aromatic heterocycles. The molecule has 1 aliphatic rings. The van der Waals surface area contributed by atoms with E-state index in [1.807, 2.05) is 6.92 Å². The van der Waals surface area contributed by atoms with Gasteiger partial charge in [-0.1, -0.05) is 12.8 Å². The number of carboxylic acids is 1. The van der Waals surface area contributed by atoms with Crippen molar-refractivity contribution in [1.29, 1.82) is 0 Å². The summed E-state index contributed by atoms with van der Waals surface area (Å²) in [5, 5.41) is 12.2. The second-order valence-electron chi connectivity index (χ2n) is 3.72. The Hall–Kier alpha value is -0.610. The Labute approximate surface area is 84.6 Å². The molecular weight excluding hydrogens is 182 g/mol. The van der Waals surface area contributed by atoms with Gasteiger partial charge in [0.1, 0.15) is 5.54 Å². The molecule has 0 amide bonds. The van der Waals surface area contributed by atoms with Gasteiger partial charge in [0, 0.05) is 13.2 Å². The van der Waals surface area contributed by atoms with E-state index in [0.29, 0.717) is 19.8 Å². The Balaban J connectivity index is 2.33. The van der Waals surface area contributed by atoms with Crippen molar-refractivity contribution in [2.75, 3.05) is 19.8 Å². The third-order valence-corrected chi connectivity index (χ3v) is 2.78. The highest BCUT2D eigenvalue weighted by atomic mass is 16.5. The fourth-order valence-electron chi connectivity index (χ4n) is 1.95. The predicted molar refractivity (Wildman–Crippen MR) is 53.3 cm³/mol. The zero-order chi connectivity index (χ0) is 10.4. The minimum atomic E-state index is -0.716.